The lowest BCUT2D eigenvalue weighted by atomic mass is 10.0. The normalized spacial score (nSPS) is 14.4. The fraction of sp³-hybridized carbons (Fsp3) is 0.636. The topological polar surface area (TPSA) is 80.0 Å². The second-order valence-corrected chi connectivity index (χ2v) is 5.55. The number of hydrogen-bond donors (Lipinski definition) is 1. The molecule has 0 amide bonds. The minimum Gasteiger partial charge on any atom is -0.384 e. The van der Waals surface area contributed by atoms with Crippen molar-refractivity contribution in [3.8, 4) is 0 Å². The third-order valence-corrected chi connectivity index (χ3v) is 3.84. The maximum atomic E-state index is 10.1. The van der Waals surface area contributed by atoms with Gasteiger partial charge in [-0.2, -0.15) is 4.37 Å². The van der Waals surface area contributed by atoms with E-state index in [1.807, 2.05) is 25.9 Å². The average Bonchev–Trinajstić information content (AvgIpc) is 2.99. The maximum absolute atomic E-state index is 10.1. The number of aromatic nitrogens is 5. The Morgan fingerprint density at radius 2 is 2.21 bits per heavy atom. The molecule has 2 aromatic heterocycles. The van der Waals surface area contributed by atoms with Gasteiger partial charge in [0.2, 0.25) is 5.13 Å². The molecule has 0 saturated carbocycles. The minimum atomic E-state index is -0.942. The van der Waals surface area contributed by atoms with Gasteiger partial charge >= 0.3 is 0 Å². The zero-order chi connectivity index (χ0) is 14.0. The molecule has 1 unspecified atom stereocenters. The van der Waals surface area contributed by atoms with Crippen molar-refractivity contribution < 1.29 is 5.11 Å². The molecule has 0 saturated heterocycles. The molecule has 0 bridgehead atoms. The van der Waals surface area contributed by atoms with E-state index < -0.39 is 5.60 Å². The van der Waals surface area contributed by atoms with Gasteiger partial charge in [0, 0.05) is 25.6 Å². The van der Waals surface area contributed by atoms with Crippen LogP contribution in [0, 0.1) is 0 Å². The maximum Gasteiger partial charge on any atom is 0.204 e. The van der Waals surface area contributed by atoms with Crippen molar-refractivity contribution in [2.45, 2.75) is 32.4 Å². The zero-order valence-corrected chi connectivity index (χ0v) is 12.3. The highest BCUT2D eigenvalue weighted by molar-refractivity contribution is 7.09. The van der Waals surface area contributed by atoms with Crippen LogP contribution in [0.1, 0.15) is 31.8 Å². The largest absolute Gasteiger partial charge is 0.384 e. The summed E-state index contributed by atoms with van der Waals surface area (Å²) in [6, 6.07) is 0. The van der Waals surface area contributed by atoms with Crippen LogP contribution >= 0.6 is 11.5 Å². The van der Waals surface area contributed by atoms with E-state index in [2.05, 4.69) is 19.7 Å². The van der Waals surface area contributed by atoms with Crippen molar-refractivity contribution in [1.82, 2.24) is 24.4 Å². The van der Waals surface area contributed by atoms with E-state index in [4.69, 9.17) is 0 Å². The molecule has 0 spiro atoms. The molecule has 0 radical (unpaired) electrons. The van der Waals surface area contributed by atoms with Gasteiger partial charge in [0.1, 0.15) is 17.8 Å². The molecule has 2 heterocycles. The number of rotatable bonds is 5. The molecular formula is C11H18N6OS. The van der Waals surface area contributed by atoms with Crippen molar-refractivity contribution in [1.29, 1.82) is 0 Å². The minimum absolute atomic E-state index is 0.455. The molecule has 0 aliphatic heterocycles. The molecule has 2 rings (SSSR count). The molecule has 8 heteroatoms. The van der Waals surface area contributed by atoms with Crippen molar-refractivity contribution in [3.63, 3.8) is 0 Å². The van der Waals surface area contributed by atoms with E-state index in [1.165, 1.54) is 11.5 Å². The summed E-state index contributed by atoms with van der Waals surface area (Å²) in [5, 5.41) is 19.0. The van der Waals surface area contributed by atoms with Gasteiger partial charge in [-0.15, -0.1) is 5.10 Å². The lowest BCUT2D eigenvalue weighted by Gasteiger charge is -2.16. The Balaban J connectivity index is 2.11. The quantitative estimate of drug-likeness (QED) is 0.876. The molecule has 2 aromatic rings. The monoisotopic (exact) mass is 282 g/mol. The third-order valence-electron chi connectivity index (χ3n) is 2.92. The first-order chi connectivity index (χ1) is 8.92. The Morgan fingerprint density at radius 1 is 1.47 bits per heavy atom. The van der Waals surface area contributed by atoms with Gasteiger partial charge in [-0.1, -0.05) is 12.1 Å². The van der Waals surface area contributed by atoms with Crippen LogP contribution in [0.4, 0.5) is 5.13 Å². The Kier molecular flexibility index (Phi) is 3.81. The Labute approximate surface area is 116 Å². The molecule has 1 N–H and O–H groups in total. The molecule has 19 heavy (non-hydrogen) atoms. The van der Waals surface area contributed by atoms with Gasteiger partial charge < -0.3 is 10.0 Å². The van der Waals surface area contributed by atoms with Gasteiger partial charge in [0.25, 0.3) is 0 Å². The van der Waals surface area contributed by atoms with E-state index >= 15 is 0 Å². The molecule has 0 aliphatic carbocycles. The SMILES string of the molecule is CCC(C)(O)c1cn(Cc2nsc(N(C)C)n2)nn1. The van der Waals surface area contributed by atoms with E-state index in [0.717, 1.165) is 5.13 Å². The van der Waals surface area contributed by atoms with E-state index in [-0.39, 0.29) is 0 Å². The molecule has 0 fully saturated rings. The lowest BCUT2D eigenvalue weighted by Crippen LogP contribution is -2.20. The van der Waals surface area contributed by atoms with Crippen molar-refractivity contribution in [2.24, 2.45) is 0 Å². The van der Waals surface area contributed by atoms with Gasteiger partial charge in [-0.05, 0) is 13.3 Å². The fourth-order valence-electron chi connectivity index (χ4n) is 1.44. The number of hydrogen-bond acceptors (Lipinski definition) is 7. The van der Waals surface area contributed by atoms with Gasteiger partial charge in [-0.3, -0.25) is 0 Å². The van der Waals surface area contributed by atoms with Gasteiger partial charge in [-0.25, -0.2) is 9.67 Å². The predicted molar refractivity (Wildman–Crippen MR) is 73.2 cm³/mol. The van der Waals surface area contributed by atoms with Crippen molar-refractivity contribution in [3.05, 3.63) is 17.7 Å². The highest BCUT2D eigenvalue weighted by Gasteiger charge is 2.24. The average molecular weight is 282 g/mol. The smallest absolute Gasteiger partial charge is 0.204 e. The molecule has 7 nitrogen and oxygen atoms in total. The third kappa shape index (κ3) is 3.07. The highest BCUT2D eigenvalue weighted by atomic mass is 32.1. The van der Waals surface area contributed by atoms with Crippen LogP contribution in [0.5, 0.6) is 0 Å². The summed E-state index contributed by atoms with van der Waals surface area (Å²) >= 11 is 1.35. The van der Waals surface area contributed by atoms with Crippen molar-refractivity contribution >= 4 is 16.7 Å². The van der Waals surface area contributed by atoms with Crippen molar-refractivity contribution in [2.75, 3.05) is 19.0 Å². The summed E-state index contributed by atoms with van der Waals surface area (Å²) in [5.41, 5.74) is -0.374. The second-order valence-electron chi connectivity index (χ2n) is 4.82. The first kappa shape index (κ1) is 13.9. The van der Waals surface area contributed by atoms with Crippen LogP contribution in [0.2, 0.25) is 0 Å². The summed E-state index contributed by atoms with van der Waals surface area (Å²) in [4.78, 5) is 6.29. The molecule has 1 atom stereocenters. The second kappa shape index (κ2) is 5.22. The summed E-state index contributed by atoms with van der Waals surface area (Å²) < 4.78 is 5.90. The zero-order valence-electron chi connectivity index (χ0n) is 11.5. The van der Waals surface area contributed by atoms with Crippen LogP contribution in [0.25, 0.3) is 0 Å². The number of anilines is 1. The van der Waals surface area contributed by atoms with Crippen LogP contribution in [0.3, 0.4) is 0 Å². The first-order valence-electron chi connectivity index (χ1n) is 6.05. The molecule has 0 aromatic carbocycles. The number of nitrogens with zero attached hydrogens (tertiary/aromatic N) is 6. The highest BCUT2D eigenvalue weighted by Crippen LogP contribution is 2.21. The summed E-state index contributed by atoms with van der Waals surface area (Å²) in [7, 11) is 3.85. The Hall–Kier alpha value is -1.54. The standard InChI is InChI=1S/C11H18N6OS/c1-5-11(2,18)8-6-17(15-13-8)7-9-12-10(16(3)4)19-14-9/h6,18H,5,7H2,1-4H3. The van der Waals surface area contributed by atoms with E-state index in [9.17, 15) is 5.11 Å². The summed E-state index contributed by atoms with van der Waals surface area (Å²) in [6.07, 6.45) is 2.32. The first-order valence-corrected chi connectivity index (χ1v) is 6.82. The predicted octanol–water partition coefficient (Wildman–Crippen LogP) is 0.861. The molecular weight excluding hydrogens is 264 g/mol. The van der Waals surface area contributed by atoms with Gasteiger partial charge in [0.15, 0.2) is 5.82 Å². The Bertz CT molecular complexity index is 547. The fourth-order valence-corrected chi connectivity index (χ4v) is 2.03. The molecule has 104 valence electrons. The molecule has 0 aliphatic rings. The van der Waals surface area contributed by atoms with E-state index in [0.29, 0.717) is 24.5 Å². The summed E-state index contributed by atoms with van der Waals surface area (Å²) in [6.45, 7) is 4.09. The summed E-state index contributed by atoms with van der Waals surface area (Å²) in [5.74, 6) is 0.696. The van der Waals surface area contributed by atoms with Crippen LogP contribution in [-0.2, 0) is 12.1 Å². The number of aliphatic hydroxyl groups is 1. The van der Waals surface area contributed by atoms with E-state index in [1.54, 1.807) is 17.8 Å². The van der Waals surface area contributed by atoms with Gasteiger partial charge in [0.05, 0.1) is 6.20 Å². The van der Waals surface area contributed by atoms with Crippen LogP contribution in [0.15, 0.2) is 6.20 Å². The lowest BCUT2D eigenvalue weighted by molar-refractivity contribution is 0.0484. The Morgan fingerprint density at radius 3 is 2.79 bits per heavy atom. The van der Waals surface area contributed by atoms with Crippen LogP contribution in [-0.4, -0.2) is 43.6 Å². The van der Waals surface area contributed by atoms with Crippen LogP contribution < -0.4 is 4.90 Å².